The zero-order chi connectivity index (χ0) is 25.2. The number of carbonyl (C=O) groups is 2. The number of nitrogens with zero attached hydrogens (tertiary/aromatic N) is 3. The molecule has 8 nitrogen and oxygen atoms in total. The summed E-state index contributed by atoms with van der Waals surface area (Å²) in [6.07, 6.45) is 2.33. The number of aliphatic hydroxyl groups is 1. The van der Waals surface area contributed by atoms with E-state index in [1.54, 1.807) is 45.3 Å². The molecule has 0 spiro atoms. The van der Waals surface area contributed by atoms with E-state index in [2.05, 4.69) is 22.3 Å². The predicted molar refractivity (Wildman–Crippen MR) is 132 cm³/mol. The fourth-order valence-corrected chi connectivity index (χ4v) is 3.75. The molecule has 0 aliphatic carbocycles. The maximum absolute atomic E-state index is 13.2. The summed E-state index contributed by atoms with van der Waals surface area (Å²) in [6, 6.07) is 13.8. The molecular weight excluding hydrogens is 444 g/mol. The molecular formula is C27H28N4O4. The third-order valence-corrected chi connectivity index (χ3v) is 5.71. The monoisotopic (exact) mass is 472 g/mol. The molecule has 35 heavy (non-hydrogen) atoms. The minimum Gasteiger partial charge on any atom is -0.489 e. The van der Waals surface area contributed by atoms with Crippen molar-refractivity contribution in [2.45, 2.75) is 38.8 Å². The highest BCUT2D eigenvalue weighted by Crippen LogP contribution is 2.31. The van der Waals surface area contributed by atoms with Gasteiger partial charge in [0.05, 0.1) is 11.9 Å². The molecule has 0 saturated carbocycles. The Morgan fingerprint density at radius 3 is 2.71 bits per heavy atom. The van der Waals surface area contributed by atoms with Crippen LogP contribution in [0.4, 0.5) is 10.5 Å². The van der Waals surface area contributed by atoms with E-state index in [1.807, 2.05) is 37.3 Å². The SMILES string of the molecule is Cc1c(Cc2ccccc2)cnn1C(=O)NC1COc2ccc(C#CC(C)(C)O)cc2N(C)C1=O. The molecule has 4 rings (SSSR count). The summed E-state index contributed by atoms with van der Waals surface area (Å²) < 4.78 is 7.12. The summed E-state index contributed by atoms with van der Waals surface area (Å²) in [4.78, 5) is 27.6. The first-order valence-corrected chi connectivity index (χ1v) is 11.3. The number of amides is 2. The van der Waals surface area contributed by atoms with E-state index in [9.17, 15) is 14.7 Å². The van der Waals surface area contributed by atoms with Crippen molar-refractivity contribution in [3.63, 3.8) is 0 Å². The van der Waals surface area contributed by atoms with Crippen molar-refractivity contribution in [2.75, 3.05) is 18.6 Å². The van der Waals surface area contributed by atoms with Crippen LogP contribution in [0.5, 0.6) is 5.75 Å². The molecule has 2 N–H and O–H groups in total. The Morgan fingerprint density at radius 2 is 2.00 bits per heavy atom. The fraction of sp³-hybridized carbons (Fsp3) is 0.296. The van der Waals surface area contributed by atoms with Crippen LogP contribution in [0.1, 0.15) is 36.2 Å². The Kier molecular flexibility index (Phi) is 6.63. The van der Waals surface area contributed by atoms with Crippen molar-refractivity contribution in [3.05, 3.63) is 77.1 Å². The van der Waals surface area contributed by atoms with Gasteiger partial charge in [-0.05, 0) is 50.1 Å². The second-order valence-corrected chi connectivity index (χ2v) is 9.03. The van der Waals surface area contributed by atoms with E-state index < -0.39 is 17.7 Å². The van der Waals surface area contributed by atoms with Gasteiger partial charge in [-0.1, -0.05) is 42.2 Å². The van der Waals surface area contributed by atoms with Crippen LogP contribution in [0.25, 0.3) is 0 Å². The van der Waals surface area contributed by atoms with Crippen molar-refractivity contribution in [2.24, 2.45) is 0 Å². The molecule has 2 amide bonds. The number of rotatable bonds is 3. The van der Waals surface area contributed by atoms with E-state index in [1.165, 1.54) is 9.58 Å². The molecule has 8 heteroatoms. The van der Waals surface area contributed by atoms with Gasteiger partial charge in [-0.2, -0.15) is 9.78 Å². The molecule has 1 aromatic heterocycles. The minimum absolute atomic E-state index is 0.0200. The Balaban J connectivity index is 1.49. The highest BCUT2D eigenvalue weighted by molar-refractivity contribution is 6.00. The van der Waals surface area contributed by atoms with Crippen LogP contribution in [-0.2, 0) is 11.2 Å². The number of nitrogens with one attached hydrogen (secondary N) is 1. The summed E-state index contributed by atoms with van der Waals surface area (Å²) in [7, 11) is 1.62. The minimum atomic E-state index is -1.13. The number of ether oxygens (including phenoxy) is 1. The normalized spacial score (nSPS) is 15.4. The van der Waals surface area contributed by atoms with Gasteiger partial charge in [0.2, 0.25) is 0 Å². The number of hydrogen-bond donors (Lipinski definition) is 2. The molecule has 0 radical (unpaired) electrons. The van der Waals surface area contributed by atoms with Crippen LogP contribution < -0.4 is 15.0 Å². The number of fused-ring (bicyclic) bond motifs is 1. The van der Waals surface area contributed by atoms with Gasteiger partial charge in [-0.3, -0.25) is 4.79 Å². The molecule has 0 fully saturated rings. The number of anilines is 1. The smallest absolute Gasteiger partial charge is 0.343 e. The van der Waals surface area contributed by atoms with Crippen LogP contribution in [0.2, 0.25) is 0 Å². The summed E-state index contributed by atoms with van der Waals surface area (Å²) in [5.74, 6) is 5.85. The molecule has 1 atom stereocenters. The maximum Gasteiger partial charge on any atom is 0.343 e. The highest BCUT2D eigenvalue weighted by Gasteiger charge is 2.31. The van der Waals surface area contributed by atoms with E-state index in [0.717, 1.165) is 11.1 Å². The molecule has 1 aliphatic rings. The number of likely N-dealkylation sites (N-methyl/N-ethyl adjacent to an activating group) is 1. The topological polar surface area (TPSA) is 96.7 Å². The van der Waals surface area contributed by atoms with Gasteiger partial charge in [-0.15, -0.1) is 0 Å². The first kappa shape index (κ1) is 24.0. The van der Waals surface area contributed by atoms with E-state index in [4.69, 9.17) is 4.74 Å². The van der Waals surface area contributed by atoms with Crippen molar-refractivity contribution in [3.8, 4) is 17.6 Å². The molecule has 0 bridgehead atoms. The Hall–Kier alpha value is -4.09. The molecule has 0 saturated heterocycles. The van der Waals surface area contributed by atoms with Crippen LogP contribution in [-0.4, -0.2) is 52.1 Å². The predicted octanol–water partition coefficient (Wildman–Crippen LogP) is 2.89. The maximum atomic E-state index is 13.2. The number of hydrogen-bond acceptors (Lipinski definition) is 5. The van der Waals surface area contributed by atoms with Crippen molar-refractivity contribution < 1.29 is 19.4 Å². The number of aromatic nitrogens is 2. The van der Waals surface area contributed by atoms with Crippen LogP contribution in [0.15, 0.2) is 54.7 Å². The third-order valence-electron chi connectivity index (χ3n) is 5.71. The van der Waals surface area contributed by atoms with Gasteiger partial charge in [0.25, 0.3) is 5.91 Å². The quantitative estimate of drug-likeness (QED) is 0.572. The lowest BCUT2D eigenvalue weighted by molar-refractivity contribution is -0.120. The van der Waals surface area contributed by atoms with Gasteiger partial charge in [0.15, 0.2) is 0 Å². The molecule has 1 unspecified atom stereocenters. The summed E-state index contributed by atoms with van der Waals surface area (Å²) in [6.45, 7) is 5.01. The second kappa shape index (κ2) is 9.65. The lowest BCUT2D eigenvalue weighted by atomic mass is 10.1. The lowest BCUT2D eigenvalue weighted by Gasteiger charge is -2.20. The van der Waals surface area contributed by atoms with Crippen molar-refractivity contribution >= 4 is 17.6 Å². The Bertz CT molecular complexity index is 1310. The standard InChI is InChI=1S/C27H28N4O4/c1-18-21(14-19-8-6-5-7-9-19)16-28-31(18)26(33)29-22-17-35-24-11-10-20(12-13-27(2,3)34)15-23(24)30(4)25(22)32/h5-11,15-16,22,34H,14,17H2,1-4H3,(H,29,33). The summed E-state index contributed by atoms with van der Waals surface area (Å²) >= 11 is 0. The van der Waals surface area contributed by atoms with Gasteiger partial charge >= 0.3 is 6.03 Å². The van der Waals surface area contributed by atoms with E-state index >= 15 is 0 Å². The Morgan fingerprint density at radius 1 is 1.26 bits per heavy atom. The molecule has 1 aliphatic heterocycles. The van der Waals surface area contributed by atoms with Gasteiger partial charge in [0.1, 0.15) is 24.0 Å². The number of benzene rings is 2. The average molecular weight is 473 g/mol. The first-order valence-electron chi connectivity index (χ1n) is 11.3. The summed E-state index contributed by atoms with van der Waals surface area (Å²) in [5, 5.41) is 16.8. The molecule has 3 aromatic rings. The van der Waals surface area contributed by atoms with Gasteiger partial charge in [-0.25, -0.2) is 4.79 Å². The van der Waals surface area contributed by atoms with Gasteiger partial charge < -0.3 is 20.1 Å². The van der Waals surface area contributed by atoms with Crippen LogP contribution >= 0.6 is 0 Å². The molecule has 2 heterocycles. The largest absolute Gasteiger partial charge is 0.489 e. The second-order valence-electron chi connectivity index (χ2n) is 9.03. The third kappa shape index (κ3) is 5.53. The average Bonchev–Trinajstić information content (AvgIpc) is 3.14. The van der Waals surface area contributed by atoms with Crippen LogP contribution in [0, 0.1) is 18.8 Å². The lowest BCUT2D eigenvalue weighted by Crippen LogP contribution is -2.50. The van der Waals surface area contributed by atoms with Crippen molar-refractivity contribution in [1.29, 1.82) is 0 Å². The van der Waals surface area contributed by atoms with Crippen molar-refractivity contribution in [1.82, 2.24) is 15.1 Å². The number of carbonyl (C=O) groups excluding carboxylic acids is 2. The van der Waals surface area contributed by atoms with E-state index in [0.29, 0.717) is 29.1 Å². The van der Waals surface area contributed by atoms with Gasteiger partial charge in [0, 0.05) is 24.7 Å². The highest BCUT2D eigenvalue weighted by atomic mass is 16.5. The molecule has 2 aromatic carbocycles. The van der Waals surface area contributed by atoms with E-state index in [-0.39, 0.29) is 12.5 Å². The zero-order valence-electron chi connectivity index (χ0n) is 20.2. The Labute approximate surface area is 204 Å². The molecule has 180 valence electrons. The first-order chi connectivity index (χ1) is 16.6. The van der Waals surface area contributed by atoms with Crippen LogP contribution in [0.3, 0.4) is 0 Å². The fourth-order valence-electron chi connectivity index (χ4n) is 3.75. The summed E-state index contributed by atoms with van der Waals surface area (Å²) in [5.41, 5.74) is 2.80. The zero-order valence-corrected chi connectivity index (χ0v) is 20.2.